The van der Waals surface area contributed by atoms with Gasteiger partial charge in [0.05, 0.1) is 17.8 Å². The first-order valence-corrected chi connectivity index (χ1v) is 7.05. The number of benzene rings is 1. The molecule has 0 radical (unpaired) electrons. The van der Waals surface area contributed by atoms with Gasteiger partial charge in [0.1, 0.15) is 11.5 Å². The van der Waals surface area contributed by atoms with E-state index in [1.165, 1.54) is 30.1 Å². The van der Waals surface area contributed by atoms with Crippen molar-refractivity contribution >= 4 is 0 Å². The Kier molecular flexibility index (Phi) is 4.11. The molecule has 2 aromatic heterocycles. The molecule has 3 rings (SSSR count). The number of hydrogen-bond acceptors (Lipinski definition) is 4. The second-order valence-corrected chi connectivity index (χ2v) is 5.22. The summed E-state index contributed by atoms with van der Waals surface area (Å²) in [5, 5.41) is 11.5. The molecule has 0 N–H and O–H groups in total. The van der Waals surface area contributed by atoms with Crippen LogP contribution in [-0.2, 0) is 19.8 Å². The summed E-state index contributed by atoms with van der Waals surface area (Å²) in [5.74, 6) is -1.08. The highest BCUT2D eigenvalue weighted by atomic mass is 19.4. The van der Waals surface area contributed by atoms with Crippen LogP contribution in [0.2, 0.25) is 0 Å². The molecule has 0 aliphatic heterocycles. The molecule has 0 spiro atoms. The molecular weight excluding hydrogens is 342 g/mol. The molecule has 0 bridgehead atoms. The Morgan fingerprint density at radius 1 is 1.20 bits per heavy atom. The molecule has 10 heteroatoms. The number of alkyl halides is 3. The Labute approximate surface area is 138 Å². The summed E-state index contributed by atoms with van der Waals surface area (Å²) >= 11 is 0. The van der Waals surface area contributed by atoms with E-state index in [2.05, 4.69) is 15.4 Å². The molecule has 130 valence electrons. The Morgan fingerprint density at radius 3 is 2.60 bits per heavy atom. The van der Waals surface area contributed by atoms with Crippen molar-refractivity contribution < 1.29 is 17.6 Å². The van der Waals surface area contributed by atoms with E-state index in [1.807, 2.05) is 0 Å². The molecule has 0 saturated carbocycles. The van der Waals surface area contributed by atoms with Crippen molar-refractivity contribution in [2.24, 2.45) is 7.05 Å². The fourth-order valence-electron chi connectivity index (χ4n) is 2.29. The fourth-order valence-corrected chi connectivity index (χ4v) is 2.29. The third-order valence-corrected chi connectivity index (χ3v) is 3.58. The Bertz CT molecular complexity index is 977. The van der Waals surface area contributed by atoms with E-state index in [0.717, 1.165) is 16.8 Å². The highest BCUT2D eigenvalue weighted by Crippen LogP contribution is 2.33. The molecule has 0 saturated heterocycles. The predicted molar refractivity (Wildman–Crippen MR) is 79.0 cm³/mol. The lowest BCUT2D eigenvalue weighted by molar-refractivity contribution is -0.137. The number of aromatic nitrogens is 5. The minimum absolute atomic E-state index is 0.0475. The summed E-state index contributed by atoms with van der Waals surface area (Å²) in [7, 11) is 1.53. The number of hydrogen-bond donors (Lipinski definition) is 0. The van der Waals surface area contributed by atoms with Crippen LogP contribution in [0.3, 0.4) is 0 Å². The van der Waals surface area contributed by atoms with Gasteiger partial charge in [-0.15, -0.1) is 5.10 Å². The van der Waals surface area contributed by atoms with E-state index >= 15 is 0 Å². The summed E-state index contributed by atoms with van der Waals surface area (Å²) in [6, 6.07) is 4.93. The van der Waals surface area contributed by atoms with Crippen LogP contribution in [0.15, 0.2) is 41.3 Å². The monoisotopic (exact) mass is 353 g/mol. The molecule has 0 aliphatic carbocycles. The molecule has 1 aromatic carbocycles. The second kappa shape index (κ2) is 6.11. The molecule has 0 unspecified atom stereocenters. The zero-order valence-electron chi connectivity index (χ0n) is 12.8. The van der Waals surface area contributed by atoms with Gasteiger partial charge >= 0.3 is 6.18 Å². The molecule has 6 nitrogen and oxygen atoms in total. The maximum Gasteiger partial charge on any atom is 0.416 e. The van der Waals surface area contributed by atoms with E-state index in [1.54, 1.807) is 0 Å². The second-order valence-electron chi connectivity index (χ2n) is 5.22. The van der Waals surface area contributed by atoms with E-state index in [-0.39, 0.29) is 23.4 Å². The van der Waals surface area contributed by atoms with Gasteiger partial charge in [-0.05, 0) is 24.3 Å². The zero-order chi connectivity index (χ0) is 18.2. The number of aryl methyl sites for hydroxylation is 1. The average Bonchev–Trinajstić information content (AvgIpc) is 2.89. The van der Waals surface area contributed by atoms with Gasteiger partial charge in [0.15, 0.2) is 0 Å². The molecule has 0 aliphatic rings. The lowest BCUT2D eigenvalue weighted by Crippen LogP contribution is -2.23. The summed E-state index contributed by atoms with van der Waals surface area (Å²) in [6.45, 7) is -0.0566. The van der Waals surface area contributed by atoms with Crippen LogP contribution in [0.25, 0.3) is 11.3 Å². The van der Waals surface area contributed by atoms with Crippen molar-refractivity contribution in [2.45, 2.75) is 12.7 Å². The first kappa shape index (κ1) is 16.8. The van der Waals surface area contributed by atoms with Crippen LogP contribution in [0.4, 0.5) is 17.6 Å². The van der Waals surface area contributed by atoms with Gasteiger partial charge in [-0.1, -0.05) is 5.21 Å². The van der Waals surface area contributed by atoms with Crippen molar-refractivity contribution in [3.63, 3.8) is 0 Å². The summed E-state index contributed by atoms with van der Waals surface area (Å²) in [4.78, 5) is 11.8. The van der Waals surface area contributed by atoms with Gasteiger partial charge in [-0.25, -0.2) is 13.8 Å². The number of nitrogens with zero attached hydrogens (tertiary/aromatic N) is 5. The standard InChI is InChI=1S/C15H11F4N5O/c1-23-12(8-24-13(25)3-2-6-20-24)14(21-22-23)10-5-4-9(7-11(10)16)15(17,18)19/h2-7H,8H2,1H3. The van der Waals surface area contributed by atoms with Gasteiger partial charge in [-0.3, -0.25) is 4.79 Å². The molecule has 0 amide bonds. The smallest absolute Gasteiger partial charge is 0.268 e. The minimum atomic E-state index is -4.65. The number of halogens is 4. The lowest BCUT2D eigenvalue weighted by atomic mass is 10.1. The van der Waals surface area contributed by atoms with Crippen LogP contribution in [0.5, 0.6) is 0 Å². The Balaban J connectivity index is 2.05. The van der Waals surface area contributed by atoms with Crippen molar-refractivity contribution in [3.05, 3.63) is 64.0 Å². The largest absolute Gasteiger partial charge is 0.416 e. The van der Waals surface area contributed by atoms with Crippen molar-refractivity contribution in [3.8, 4) is 11.3 Å². The summed E-state index contributed by atoms with van der Waals surface area (Å²) in [5.41, 5.74) is -1.24. The third kappa shape index (κ3) is 3.28. The van der Waals surface area contributed by atoms with E-state index in [0.29, 0.717) is 11.8 Å². The van der Waals surface area contributed by atoms with E-state index in [9.17, 15) is 22.4 Å². The molecular formula is C15H11F4N5O. The zero-order valence-corrected chi connectivity index (χ0v) is 12.8. The van der Waals surface area contributed by atoms with Gasteiger partial charge < -0.3 is 0 Å². The van der Waals surface area contributed by atoms with Gasteiger partial charge in [-0.2, -0.15) is 18.3 Å². The van der Waals surface area contributed by atoms with E-state index in [4.69, 9.17) is 0 Å². The van der Waals surface area contributed by atoms with Gasteiger partial charge in [0, 0.05) is 24.9 Å². The molecule has 3 aromatic rings. The third-order valence-electron chi connectivity index (χ3n) is 3.58. The predicted octanol–water partition coefficient (Wildman–Crippen LogP) is 2.24. The first-order chi connectivity index (χ1) is 11.8. The normalized spacial score (nSPS) is 11.7. The molecule has 25 heavy (non-hydrogen) atoms. The van der Waals surface area contributed by atoms with Crippen molar-refractivity contribution in [1.82, 2.24) is 24.8 Å². The SMILES string of the molecule is Cn1nnc(-c2ccc(C(F)(F)F)cc2F)c1Cn1ncccc1=O. The highest BCUT2D eigenvalue weighted by molar-refractivity contribution is 5.62. The Morgan fingerprint density at radius 2 is 1.96 bits per heavy atom. The fraction of sp³-hybridized carbons (Fsp3) is 0.200. The van der Waals surface area contributed by atoms with E-state index < -0.39 is 17.6 Å². The molecule has 2 heterocycles. The average molecular weight is 353 g/mol. The maximum absolute atomic E-state index is 14.2. The van der Waals surface area contributed by atoms with Crippen molar-refractivity contribution in [2.75, 3.05) is 0 Å². The lowest BCUT2D eigenvalue weighted by Gasteiger charge is -2.10. The van der Waals surface area contributed by atoms with Gasteiger partial charge in [0.2, 0.25) is 0 Å². The Hall–Kier alpha value is -3.04. The minimum Gasteiger partial charge on any atom is -0.268 e. The summed E-state index contributed by atoms with van der Waals surface area (Å²) < 4.78 is 54.7. The number of rotatable bonds is 3. The van der Waals surface area contributed by atoms with Crippen LogP contribution in [0.1, 0.15) is 11.3 Å². The van der Waals surface area contributed by atoms with Crippen molar-refractivity contribution in [1.29, 1.82) is 0 Å². The molecule has 0 atom stereocenters. The quantitative estimate of drug-likeness (QED) is 0.678. The highest BCUT2D eigenvalue weighted by Gasteiger charge is 2.31. The first-order valence-electron chi connectivity index (χ1n) is 7.05. The van der Waals surface area contributed by atoms with Gasteiger partial charge in [0.25, 0.3) is 5.56 Å². The van der Waals surface area contributed by atoms with Crippen LogP contribution in [0, 0.1) is 5.82 Å². The van der Waals surface area contributed by atoms with Crippen LogP contribution in [-0.4, -0.2) is 24.8 Å². The maximum atomic E-state index is 14.2. The summed E-state index contributed by atoms with van der Waals surface area (Å²) in [6.07, 6.45) is -3.24. The topological polar surface area (TPSA) is 65.6 Å². The van der Waals surface area contributed by atoms with Crippen LogP contribution < -0.4 is 5.56 Å². The molecule has 0 fully saturated rings. The van der Waals surface area contributed by atoms with Crippen LogP contribution >= 0.6 is 0 Å².